The number of aromatic carboxylic acids is 1. The molecule has 8 heteroatoms. The minimum Gasteiger partial charge on any atom is -0.507 e. The second kappa shape index (κ2) is 10.9. The van der Waals surface area contributed by atoms with Crippen molar-refractivity contribution in [1.29, 1.82) is 0 Å². The number of carboxylic acid groups (broad SMARTS) is 1. The van der Waals surface area contributed by atoms with Crippen molar-refractivity contribution in [3.8, 4) is 28.4 Å². The SMILES string of the molecule is O=C(O)c1ccc(S(=O)(=O)Oc2ccc(-c3ccc(C4/C(=C/c5ccccc5)Oc5ccccc54)cc3)cc2)cc1O. The van der Waals surface area contributed by atoms with E-state index in [1.807, 2.05) is 60.7 Å². The van der Waals surface area contributed by atoms with Gasteiger partial charge in [-0.3, -0.25) is 0 Å². The number of para-hydroxylation sites is 1. The summed E-state index contributed by atoms with van der Waals surface area (Å²) >= 11 is 0. The molecule has 1 heterocycles. The van der Waals surface area contributed by atoms with E-state index >= 15 is 0 Å². The Bertz CT molecular complexity index is 1910. The molecule has 0 saturated heterocycles. The van der Waals surface area contributed by atoms with Crippen molar-refractivity contribution in [2.45, 2.75) is 10.8 Å². The molecule has 0 aromatic heterocycles. The lowest BCUT2D eigenvalue weighted by Crippen LogP contribution is -2.10. The molecule has 0 bridgehead atoms. The van der Waals surface area contributed by atoms with E-state index in [1.165, 1.54) is 12.1 Å². The van der Waals surface area contributed by atoms with Crippen LogP contribution in [0, 0.1) is 0 Å². The van der Waals surface area contributed by atoms with Gasteiger partial charge in [-0.2, -0.15) is 8.42 Å². The maximum atomic E-state index is 12.7. The standard InChI is InChI=1S/C34H24O7S/c35-30-21-27(18-19-28(30)34(36)37)42(38,39)41-26-16-14-24(15-17-26)23-10-12-25(13-11-23)33-29-8-4-5-9-31(29)40-32(33)20-22-6-2-1-3-7-22/h1-21,33,35H,(H,36,37)/b32-20-. The van der Waals surface area contributed by atoms with Crippen molar-refractivity contribution < 1.29 is 32.3 Å². The van der Waals surface area contributed by atoms with E-state index in [4.69, 9.17) is 14.0 Å². The van der Waals surface area contributed by atoms with Crippen LogP contribution >= 0.6 is 0 Å². The first-order valence-electron chi connectivity index (χ1n) is 13.0. The van der Waals surface area contributed by atoms with Crippen molar-refractivity contribution in [3.05, 3.63) is 149 Å². The normalized spacial score (nSPS) is 15.1. The maximum Gasteiger partial charge on any atom is 0.339 e. The summed E-state index contributed by atoms with van der Waals surface area (Å²) in [5.74, 6) is -0.322. The van der Waals surface area contributed by atoms with Gasteiger partial charge in [0.2, 0.25) is 0 Å². The minimum absolute atomic E-state index is 0.0551. The molecule has 0 saturated carbocycles. The fraction of sp³-hybridized carbons (Fsp3) is 0.0294. The zero-order valence-electron chi connectivity index (χ0n) is 22.0. The number of ether oxygens (including phenoxy) is 1. The van der Waals surface area contributed by atoms with Gasteiger partial charge < -0.3 is 19.1 Å². The van der Waals surface area contributed by atoms with Crippen LogP contribution in [0.25, 0.3) is 17.2 Å². The molecule has 5 aromatic rings. The molecule has 0 radical (unpaired) electrons. The van der Waals surface area contributed by atoms with Gasteiger partial charge in [0.15, 0.2) is 0 Å². The Hall–Kier alpha value is -5.34. The molecule has 1 atom stereocenters. The summed E-state index contributed by atoms with van der Waals surface area (Å²) in [7, 11) is -4.29. The maximum absolute atomic E-state index is 12.7. The van der Waals surface area contributed by atoms with Gasteiger partial charge in [0.05, 0.1) is 5.92 Å². The number of rotatable bonds is 7. The Morgan fingerprint density at radius 1 is 0.786 bits per heavy atom. The zero-order chi connectivity index (χ0) is 29.3. The molecule has 2 N–H and O–H groups in total. The topological polar surface area (TPSA) is 110 Å². The number of carbonyl (C=O) groups is 1. The molecular weight excluding hydrogens is 552 g/mol. The number of aromatic hydroxyl groups is 1. The summed E-state index contributed by atoms with van der Waals surface area (Å²) in [4.78, 5) is 10.7. The second-order valence-electron chi connectivity index (χ2n) is 9.70. The predicted molar refractivity (Wildman–Crippen MR) is 158 cm³/mol. The highest BCUT2D eigenvalue weighted by atomic mass is 32.2. The predicted octanol–water partition coefficient (Wildman–Crippen LogP) is 7.09. The molecule has 1 aliphatic heterocycles. The first-order valence-corrected chi connectivity index (χ1v) is 14.4. The number of phenols is 1. The third-order valence-corrected chi connectivity index (χ3v) is 8.22. The minimum atomic E-state index is -4.29. The fourth-order valence-electron chi connectivity index (χ4n) is 4.91. The van der Waals surface area contributed by atoms with Crippen molar-refractivity contribution in [3.63, 3.8) is 0 Å². The summed E-state index contributed by atoms with van der Waals surface area (Å²) in [6, 6.07) is 35.7. The van der Waals surface area contributed by atoms with Crippen molar-refractivity contribution >= 4 is 22.2 Å². The van der Waals surface area contributed by atoms with Crippen LogP contribution in [0.15, 0.2) is 132 Å². The van der Waals surface area contributed by atoms with Crippen LogP contribution in [0.5, 0.6) is 17.2 Å². The smallest absolute Gasteiger partial charge is 0.339 e. The summed E-state index contributed by atoms with van der Waals surface area (Å²) < 4.78 is 36.8. The average Bonchev–Trinajstić information content (AvgIpc) is 3.35. The van der Waals surface area contributed by atoms with E-state index in [0.29, 0.717) is 0 Å². The van der Waals surface area contributed by atoms with Crippen LogP contribution < -0.4 is 8.92 Å². The molecular formula is C34H24O7S. The first-order chi connectivity index (χ1) is 20.3. The fourth-order valence-corrected chi connectivity index (χ4v) is 5.87. The number of benzene rings is 5. The Balaban J connectivity index is 1.22. The van der Waals surface area contributed by atoms with Gasteiger partial charge in [0, 0.05) is 11.6 Å². The molecule has 1 aliphatic rings. The summed E-state index contributed by atoms with van der Waals surface area (Å²) in [5.41, 5.74) is 4.62. The average molecular weight is 577 g/mol. The molecule has 6 rings (SSSR count). The Morgan fingerprint density at radius 3 is 2.10 bits per heavy atom. The third-order valence-electron chi connectivity index (χ3n) is 6.98. The van der Waals surface area contributed by atoms with Crippen LogP contribution in [-0.4, -0.2) is 24.6 Å². The van der Waals surface area contributed by atoms with E-state index in [9.17, 15) is 18.3 Å². The number of carboxylic acids is 1. The molecule has 0 aliphatic carbocycles. The largest absolute Gasteiger partial charge is 0.507 e. The molecule has 0 fully saturated rings. The van der Waals surface area contributed by atoms with Crippen LogP contribution in [0.3, 0.4) is 0 Å². The number of fused-ring (bicyclic) bond motifs is 1. The lowest BCUT2D eigenvalue weighted by molar-refractivity contribution is 0.0693. The van der Waals surface area contributed by atoms with Gasteiger partial charge in [0.25, 0.3) is 0 Å². The van der Waals surface area contributed by atoms with Gasteiger partial charge in [-0.05, 0) is 58.7 Å². The quantitative estimate of drug-likeness (QED) is 0.199. The lowest BCUT2D eigenvalue weighted by Gasteiger charge is -2.13. The van der Waals surface area contributed by atoms with Crippen molar-refractivity contribution in [2.75, 3.05) is 0 Å². The van der Waals surface area contributed by atoms with Crippen LogP contribution in [0.1, 0.15) is 33.0 Å². The summed E-state index contributed by atoms with van der Waals surface area (Å²) in [5, 5.41) is 18.9. The van der Waals surface area contributed by atoms with Gasteiger partial charge >= 0.3 is 16.1 Å². The third kappa shape index (κ3) is 5.35. The molecule has 5 aromatic carbocycles. The number of hydrogen-bond acceptors (Lipinski definition) is 6. The van der Waals surface area contributed by atoms with E-state index in [-0.39, 0.29) is 16.6 Å². The van der Waals surface area contributed by atoms with Crippen LogP contribution in [0.2, 0.25) is 0 Å². The molecule has 42 heavy (non-hydrogen) atoms. The van der Waals surface area contributed by atoms with Crippen LogP contribution in [-0.2, 0) is 10.1 Å². The highest BCUT2D eigenvalue weighted by Crippen LogP contribution is 2.45. The van der Waals surface area contributed by atoms with E-state index in [0.717, 1.165) is 57.5 Å². The highest BCUT2D eigenvalue weighted by Gasteiger charge is 2.30. The molecule has 0 amide bonds. The number of allylic oxidation sites excluding steroid dienone is 1. The Kier molecular flexibility index (Phi) is 6.98. The van der Waals surface area contributed by atoms with Gasteiger partial charge in [0.1, 0.15) is 33.5 Å². The molecule has 0 spiro atoms. The van der Waals surface area contributed by atoms with E-state index < -0.39 is 27.4 Å². The summed E-state index contributed by atoms with van der Waals surface area (Å²) in [6.45, 7) is 0. The van der Waals surface area contributed by atoms with E-state index in [1.54, 1.807) is 12.1 Å². The molecule has 7 nitrogen and oxygen atoms in total. The summed E-state index contributed by atoms with van der Waals surface area (Å²) in [6.07, 6.45) is 2.06. The van der Waals surface area contributed by atoms with Gasteiger partial charge in [-0.1, -0.05) is 84.9 Å². The van der Waals surface area contributed by atoms with Gasteiger partial charge in [-0.25, -0.2) is 4.79 Å². The Morgan fingerprint density at radius 2 is 1.43 bits per heavy atom. The first kappa shape index (κ1) is 26.9. The highest BCUT2D eigenvalue weighted by molar-refractivity contribution is 7.87. The lowest BCUT2D eigenvalue weighted by atomic mass is 9.89. The van der Waals surface area contributed by atoms with Crippen LogP contribution in [0.4, 0.5) is 0 Å². The molecule has 1 unspecified atom stereocenters. The van der Waals surface area contributed by atoms with Crippen molar-refractivity contribution in [2.24, 2.45) is 0 Å². The monoisotopic (exact) mass is 576 g/mol. The zero-order valence-corrected chi connectivity index (χ0v) is 22.9. The number of hydrogen-bond donors (Lipinski definition) is 2. The van der Waals surface area contributed by atoms with Crippen molar-refractivity contribution in [1.82, 2.24) is 0 Å². The molecule has 208 valence electrons. The van der Waals surface area contributed by atoms with Gasteiger partial charge in [-0.15, -0.1) is 0 Å². The van der Waals surface area contributed by atoms with E-state index in [2.05, 4.69) is 24.3 Å². The second-order valence-corrected chi connectivity index (χ2v) is 11.2. The Labute approximate surface area is 242 Å².